The number of nitrogen functional groups attached to an aromatic ring is 1. The van der Waals surface area contributed by atoms with E-state index in [1.54, 1.807) is 6.07 Å². The van der Waals surface area contributed by atoms with Gasteiger partial charge >= 0.3 is 5.97 Å². The van der Waals surface area contributed by atoms with Gasteiger partial charge in [0.05, 0.1) is 11.1 Å². The first-order chi connectivity index (χ1) is 11.5. The molecule has 2 N–H and O–H groups in total. The van der Waals surface area contributed by atoms with Crippen LogP contribution in [0.2, 0.25) is 0 Å². The predicted octanol–water partition coefficient (Wildman–Crippen LogP) is 2.03. The average molecular weight is 324 g/mol. The maximum absolute atomic E-state index is 12.0. The Bertz CT molecular complexity index is 845. The van der Waals surface area contributed by atoms with Gasteiger partial charge in [-0.05, 0) is 42.3 Å². The quantitative estimate of drug-likeness (QED) is 0.402. The molecule has 6 nitrogen and oxygen atoms in total. The van der Waals surface area contributed by atoms with Crippen LogP contribution >= 0.6 is 0 Å². The number of benzene rings is 2. The van der Waals surface area contributed by atoms with Gasteiger partial charge in [0.2, 0.25) is 0 Å². The minimum Gasteiger partial charge on any atom is -0.426 e. The monoisotopic (exact) mass is 324 g/mol. The lowest BCUT2D eigenvalue weighted by Crippen LogP contribution is -2.24. The number of rotatable bonds is 4. The zero-order valence-corrected chi connectivity index (χ0v) is 13.1. The van der Waals surface area contributed by atoms with Crippen molar-refractivity contribution in [3.05, 3.63) is 59.2 Å². The summed E-state index contributed by atoms with van der Waals surface area (Å²) in [5.41, 5.74) is 7.86. The number of ether oxygens (including phenoxy) is 1. The van der Waals surface area contributed by atoms with Gasteiger partial charge in [-0.15, -0.1) is 0 Å². The van der Waals surface area contributed by atoms with Gasteiger partial charge in [0, 0.05) is 19.2 Å². The van der Waals surface area contributed by atoms with Crippen molar-refractivity contribution in [1.29, 1.82) is 0 Å². The molecule has 0 unspecified atom stereocenters. The van der Waals surface area contributed by atoms with Crippen molar-refractivity contribution < 1.29 is 19.1 Å². The summed E-state index contributed by atoms with van der Waals surface area (Å²) in [5.74, 6) is -0.910. The van der Waals surface area contributed by atoms with Crippen LogP contribution in [0.3, 0.4) is 0 Å². The molecule has 2 aromatic rings. The maximum atomic E-state index is 12.0. The summed E-state index contributed by atoms with van der Waals surface area (Å²) < 4.78 is 5.26. The number of aryl methyl sites for hydroxylation is 1. The van der Waals surface area contributed by atoms with Crippen molar-refractivity contribution in [3.8, 4) is 5.75 Å². The third kappa shape index (κ3) is 2.99. The van der Waals surface area contributed by atoms with Crippen LogP contribution in [-0.2, 0) is 11.2 Å². The van der Waals surface area contributed by atoms with E-state index in [-0.39, 0.29) is 23.6 Å². The molecule has 24 heavy (non-hydrogen) atoms. The molecule has 122 valence electrons. The molecule has 0 saturated heterocycles. The third-order valence-electron chi connectivity index (χ3n) is 3.86. The Hall–Kier alpha value is -3.15. The zero-order valence-electron chi connectivity index (χ0n) is 13.1. The number of anilines is 1. The lowest BCUT2D eigenvalue weighted by molar-refractivity contribution is -0.134. The van der Waals surface area contributed by atoms with Crippen LogP contribution in [0.1, 0.15) is 32.7 Å². The highest BCUT2D eigenvalue weighted by Crippen LogP contribution is 2.26. The second kappa shape index (κ2) is 6.16. The second-order valence-corrected chi connectivity index (χ2v) is 5.60. The molecule has 0 aliphatic carbocycles. The van der Waals surface area contributed by atoms with Crippen molar-refractivity contribution >= 4 is 23.5 Å². The smallest absolute Gasteiger partial charge is 0.311 e. The van der Waals surface area contributed by atoms with Crippen LogP contribution in [0.15, 0.2) is 42.5 Å². The van der Waals surface area contributed by atoms with Gasteiger partial charge in [-0.25, -0.2) is 0 Å². The maximum Gasteiger partial charge on any atom is 0.311 e. The largest absolute Gasteiger partial charge is 0.426 e. The molecule has 6 heteroatoms. The van der Waals surface area contributed by atoms with Crippen molar-refractivity contribution in [3.63, 3.8) is 0 Å². The van der Waals surface area contributed by atoms with Gasteiger partial charge in [-0.2, -0.15) is 0 Å². The Balaban J connectivity index is 1.65. The normalized spacial score (nSPS) is 13.1. The van der Waals surface area contributed by atoms with E-state index in [1.807, 2.05) is 18.2 Å². The molecule has 0 atom stereocenters. The molecule has 1 heterocycles. The molecule has 1 aliphatic rings. The van der Waals surface area contributed by atoms with Crippen molar-refractivity contribution in [2.45, 2.75) is 12.8 Å². The van der Waals surface area contributed by atoms with Crippen LogP contribution in [0.5, 0.6) is 5.75 Å². The number of nitrogens with zero attached hydrogens (tertiary/aromatic N) is 1. The number of imide groups is 1. The summed E-state index contributed by atoms with van der Waals surface area (Å²) >= 11 is 0. The number of nitrogens with two attached hydrogens (primary N) is 1. The average Bonchev–Trinajstić information content (AvgIpc) is 2.77. The van der Waals surface area contributed by atoms with Gasteiger partial charge in [0.1, 0.15) is 5.75 Å². The van der Waals surface area contributed by atoms with E-state index < -0.39 is 11.9 Å². The Labute approximate surface area is 138 Å². The summed E-state index contributed by atoms with van der Waals surface area (Å²) in [7, 11) is 1.42. The Morgan fingerprint density at radius 1 is 1.08 bits per heavy atom. The van der Waals surface area contributed by atoms with E-state index in [0.717, 1.165) is 10.5 Å². The van der Waals surface area contributed by atoms with Crippen molar-refractivity contribution in [2.24, 2.45) is 0 Å². The van der Waals surface area contributed by atoms with Crippen LogP contribution in [-0.4, -0.2) is 29.7 Å². The highest BCUT2D eigenvalue weighted by molar-refractivity contribution is 6.21. The van der Waals surface area contributed by atoms with E-state index in [0.29, 0.717) is 17.7 Å². The van der Waals surface area contributed by atoms with Gasteiger partial charge in [0.15, 0.2) is 0 Å². The van der Waals surface area contributed by atoms with Crippen LogP contribution in [0.4, 0.5) is 5.69 Å². The summed E-state index contributed by atoms with van der Waals surface area (Å²) in [4.78, 5) is 36.8. The summed E-state index contributed by atoms with van der Waals surface area (Å²) in [6, 6.07) is 11.7. The molecule has 0 spiro atoms. The number of hydrogen-bond acceptors (Lipinski definition) is 5. The fourth-order valence-corrected chi connectivity index (χ4v) is 2.58. The molecule has 0 radical (unpaired) electrons. The van der Waals surface area contributed by atoms with Crippen LogP contribution in [0.25, 0.3) is 0 Å². The minimum atomic E-state index is -0.414. The van der Waals surface area contributed by atoms with Gasteiger partial charge in [-0.3, -0.25) is 19.3 Å². The van der Waals surface area contributed by atoms with E-state index in [1.165, 1.54) is 25.2 Å². The molecular formula is C18H16N2O4. The molecular weight excluding hydrogens is 308 g/mol. The topological polar surface area (TPSA) is 89.7 Å². The van der Waals surface area contributed by atoms with Gasteiger partial charge < -0.3 is 10.5 Å². The molecule has 0 saturated carbocycles. The SMILES string of the molecule is CN1C(=O)c2ccc(OC(=O)CCc3cccc(N)c3)cc2C1=O. The predicted molar refractivity (Wildman–Crippen MR) is 87.7 cm³/mol. The zero-order chi connectivity index (χ0) is 17.3. The summed E-state index contributed by atoms with van der Waals surface area (Å²) in [6.07, 6.45) is 0.697. The highest BCUT2D eigenvalue weighted by atomic mass is 16.5. The Kier molecular flexibility index (Phi) is 4.04. The van der Waals surface area contributed by atoms with Crippen molar-refractivity contribution in [2.75, 3.05) is 12.8 Å². The standard InChI is InChI=1S/C18H16N2O4/c1-20-17(22)14-7-6-13(10-15(14)18(20)23)24-16(21)8-5-11-3-2-4-12(19)9-11/h2-4,6-7,9-10H,5,8,19H2,1H3. The summed E-state index contributed by atoms with van der Waals surface area (Å²) in [5, 5.41) is 0. The first kappa shape index (κ1) is 15.7. The minimum absolute atomic E-state index is 0.188. The Morgan fingerprint density at radius 3 is 2.58 bits per heavy atom. The lowest BCUT2D eigenvalue weighted by Gasteiger charge is -2.06. The van der Waals surface area contributed by atoms with E-state index in [2.05, 4.69) is 0 Å². The van der Waals surface area contributed by atoms with Crippen molar-refractivity contribution in [1.82, 2.24) is 4.90 Å². The molecule has 0 bridgehead atoms. The first-order valence-corrected chi connectivity index (χ1v) is 7.47. The molecule has 1 aliphatic heterocycles. The van der Waals surface area contributed by atoms with Gasteiger partial charge in [-0.1, -0.05) is 12.1 Å². The molecule has 0 fully saturated rings. The molecule has 0 aromatic heterocycles. The number of esters is 1. The summed E-state index contributed by atoms with van der Waals surface area (Å²) in [6.45, 7) is 0. The molecule has 2 amide bonds. The fraction of sp³-hybridized carbons (Fsp3) is 0.167. The number of hydrogen-bond donors (Lipinski definition) is 1. The van der Waals surface area contributed by atoms with E-state index in [9.17, 15) is 14.4 Å². The number of amides is 2. The number of carbonyl (C=O) groups excluding carboxylic acids is 3. The first-order valence-electron chi connectivity index (χ1n) is 7.47. The molecule has 2 aromatic carbocycles. The van der Waals surface area contributed by atoms with E-state index in [4.69, 9.17) is 10.5 Å². The van der Waals surface area contributed by atoms with Gasteiger partial charge in [0.25, 0.3) is 11.8 Å². The fourth-order valence-electron chi connectivity index (χ4n) is 2.58. The lowest BCUT2D eigenvalue weighted by atomic mass is 10.1. The number of carbonyl (C=O) groups is 3. The van der Waals surface area contributed by atoms with E-state index >= 15 is 0 Å². The van der Waals surface area contributed by atoms with Crippen LogP contribution in [0, 0.1) is 0 Å². The molecule has 3 rings (SSSR count). The van der Waals surface area contributed by atoms with Crippen LogP contribution < -0.4 is 10.5 Å². The third-order valence-corrected chi connectivity index (χ3v) is 3.86. The second-order valence-electron chi connectivity index (χ2n) is 5.60. The number of fused-ring (bicyclic) bond motifs is 1. The Morgan fingerprint density at radius 2 is 1.83 bits per heavy atom. The highest BCUT2D eigenvalue weighted by Gasteiger charge is 2.33.